The molecule has 0 amide bonds. The zero-order chi connectivity index (χ0) is 15.2. The number of hydrogen-bond acceptors (Lipinski definition) is 3. The fourth-order valence-corrected chi connectivity index (χ4v) is 2.28. The van der Waals surface area contributed by atoms with E-state index in [1.54, 1.807) is 12.4 Å². The Morgan fingerprint density at radius 1 is 0.818 bits per heavy atom. The van der Waals surface area contributed by atoms with Crippen LogP contribution in [0.2, 0.25) is 0 Å². The standard InChI is InChI=1S/C19H18N2O/c20-19(17-10-12-21-13-11-17)16-6-8-18(9-7-16)22-14-15-4-2-1-3-5-15/h1-13,19H,14,20H2. The van der Waals surface area contributed by atoms with Gasteiger partial charge in [0.05, 0.1) is 6.04 Å². The van der Waals surface area contributed by atoms with Crippen molar-refractivity contribution in [2.45, 2.75) is 12.6 Å². The number of nitrogens with two attached hydrogens (primary N) is 1. The molecular formula is C19H18N2O. The lowest BCUT2D eigenvalue weighted by Gasteiger charge is -2.13. The van der Waals surface area contributed by atoms with Gasteiger partial charge in [0.15, 0.2) is 0 Å². The van der Waals surface area contributed by atoms with Crippen LogP contribution in [0.4, 0.5) is 0 Å². The number of benzene rings is 2. The fourth-order valence-electron chi connectivity index (χ4n) is 2.28. The van der Waals surface area contributed by atoms with Crippen LogP contribution in [0.1, 0.15) is 22.7 Å². The van der Waals surface area contributed by atoms with Gasteiger partial charge in [0, 0.05) is 12.4 Å². The van der Waals surface area contributed by atoms with E-state index in [1.807, 2.05) is 66.7 Å². The minimum atomic E-state index is -0.147. The number of aromatic nitrogens is 1. The summed E-state index contributed by atoms with van der Waals surface area (Å²) in [6, 6.07) is 21.8. The van der Waals surface area contributed by atoms with Gasteiger partial charge in [-0.3, -0.25) is 4.98 Å². The lowest BCUT2D eigenvalue weighted by molar-refractivity contribution is 0.306. The predicted molar refractivity (Wildman–Crippen MR) is 87.5 cm³/mol. The first-order chi connectivity index (χ1) is 10.8. The van der Waals surface area contributed by atoms with Crippen LogP contribution in [-0.4, -0.2) is 4.98 Å². The van der Waals surface area contributed by atoms with Crippen molar-refractivity contribution in [3.8, 4) is 5.75 Å². The van der Waals surface area contributed by atoms with Gasteiger partial charge in [-0.15, -0.1) is 0 Å². The number of ether oxygens (including phenoxy) is 1. The van der Waals surface area contributed by atoms with Crippen molar-refractivity contribution in [1.29, 1.82) is 0 Å². The molecule has 0 aliphatic heterocycles. The molecule has 0 aliphatic carbocycles. The minimum absolute atomic E-state index is 0.147. The van der Waals surface area contributed by atoms with E-state index in [4.69, 9.17) is 10.5 Å². The van der Waals surface area contributed by atoms with Crippen molar-refractivity contribution >= 4 is 0 Å². The molecule has 3 aromatic rings. The third kappa shape index (κ3) is 3.51. The highest BCUT2D eigenvalue weighted by Crippen LogP contribution is 2.22. The Hall–Kier alpha value is -2.65. The molecule has 3 rings (SSSR count). The zero-order valence-corrected chi connectivity index (χ0v) is 12.2. The van der Waals surface area contributed by atoms with E-state index in [0.717, 1.165) is 22.4 Å². The molecule has 0 bridgehead atoms. The fraction of sp³-hybridized carbons (Fsp3) is 0.105. The second-order valence-electron chi connectivity index (χ2n) is 5.10. The first kappa shape index (κ1) is 14.3. The van der Waals surface area contributed by atoms with Gasteiger partial charge < -0.3 is 10.5 Å². The maximum absolute atomic E-state index is 6.26. The Balaban J connectivity index is 1.65. The minimum Gasteiger partial charge on any atom is -0.489 e. The zero-order valence-electron chi connectivity index (χ0n) is 12.2. The van der Waals surface area contributed by atoms with E-state index in [9.17, 15) is 0 Å². The molecule has 0 saturated heterocycles. The molecule has 0 aliphatic rings. The van der Waals surface area contributed by atoms with Crippen LogP contribution in [0, 0.1) is 0 Å². The first-order valence-electron chi connectivity index (χ1n) is 7.25. The number of pyridine rings is 1. The molecule has 1 atom stereocenters. The number of hydrogen-bond donors (Lipinski definition) is 1. The van der Waals surface area contributed by atoms with Crippen LogP contribution in [0.15, 0.2) is 79.1 Å². The van der Waals surface area contributed by atoms with Gasteiger partial charge in [-0.05, 0) is 41.0 Å². The average Bonchev–Trinajstić information content (AvgIpc) is 2.61. The summed E-state index contributed by atoms with van der Waals surface area (Å²) in [6.45, 7) is 0.566. The van der Waals surface area contributed by atoms with E-state index in [1.165, 1.54) is 0 Å². The molecule has 0 spiro atoms. The van der Waals surface area contributed by atoms with Crippen LogP contribution in [0.5, 0.6) is 5.75 Å². The van der Waals surface area contributed by atoms with E-state index in [2.05, 4.69) is 4.98 Å². The average molecular weight is 290 g/mol. The molecule has 22 heavy (non-hydrogen) atoms. The summed E-state index contributed by atoms with van der Waals surface area (Å²) in [5, 5.41) is 0. The molecule has 1 heterocycles. The highest BCUT2D eigenvalue weighted by atomic mass is 16.5. The van der Waals surface area contributed by atoms with E-state index < -0.39 is 0 Å². The summed E-state index contributed by atoms with van der Waals surface area (Å²) in [5.41, 5.74) is 9.52. The summed E-state index contributed by atoms with van der Waals surface area (Å²) in [5.74, 6) is 0.842. The summed E-state index contributed by atoms with van der Waals surface area (Å²) < 4.78 is 5.78. The lowest BCUT2D eigenvalue weighted by Crippen LogP contribution is -2.11. The van der Waals surface area contributed by atoms with Crippen LogP contribution in [0.3, 0.4) is 0 Å². The van der Waals surface area contributed by atoms with E-state index in [-0.39, 0.29) is 6.04 Å². The molecule has 2 aromatic carbocycles. The van der Waals surface area contributed by atoms with Crippen LogP contribution in [0.25, 0.3) is 0 Å². The summed E-state index contributed by atoms with van der Waals surface area (Å²) in [6.07, 6.45) is 3.51. The summed E-state index contributed by atoms with van der Waals surface area (Å²) in [4.78, 5) is 4.01. The van der Waals surface area contributed by atoms with Crippen molar-refractivity contribution in [3.05, 3.63) is 95.8 Å². The maximum atomic E-state index is 6.26. The Kier molecular flexibility index (Phi) is 4.47. The van der Waals surface area contributed by atoms with Crippen molar-refractivity contribution in [2.75, 3.05) is 0 Å². The van der Waals surface area contributed by atoms with Crippen molar-refractivity contribution in [1.82, 2.24) is 4.98 Å². The van der Waals surface area contributed by atoms with Crippen molar-refractivity contribution in [3.63, 3.8) is 0 Å². The van der Waals surface area contributed by atoms with Gasteiger partial charge >= 0.3 is 0 Å². The normalized spacial score (nSPS) is 11.9. The SMILES string of the molecule is NC(c1ccncc1)c1ccc(OCc2ccccc2)cc1. The monoisotopic (exact) mass is 290 g/mol. The molecule has 0 fully saturated rings. The van der Waals surface area contributed by atoms with Crippen LogP contribution >= 0.6 is 0 Å². The van der Waals surface area contributed by atoms with Crippen LogP contribution < -0.4 is 10.5 Å². The number of rotatable bonds is 5. The van der Waals surface area contributed by atoms with Crippen molar-refractivity contribution in [2.24, 2.45) is 5.73 Å². The van der Waals surface area contributed by atoms with Gasteiger partial charge in [0.2, 0.25) is 0 Å². The summed E-state index contributed by atoms with van der Waals surface area (Å²) in [7, 11) is 0. The predicted octanol–water partition coefficient (Wildman–Crippen LogP) is 3.71. The second-order valence-corrected chi connectivity index (χ2v) is 5.10. The molecule has 110 valence electrons. The smallest absolute Gasteiger partial charge is 0.119 e. The van der Waals surface area contributed by atoms with Gasteiger partial charge in [0.25, 0.3) is 0 Å². The maximum Gasteiger partial charge on any atom is 0.119 e. The molecule has 0 saturated carbocycles. The van der Waals surface area contributed by atoms with E-state index in [0.29, 0.717) is 6.61 Å². The molecule has 1 unspecified atom stereocenters. The molecular weight excluding hydrogens is 272 g/mol. The lowest BCUT2D eigenvalue weighted by atomic mass is 10.0. The Labute approximate surface area is 130 Å². The van der Waals surface area contributed by atoms with Gasteiger partial charge in [-0.2, -0.15) is 0 Å². The Morgan fingerprint density at radius 2 is 1.45 bits per heavy atom. The van der Waals surface area contributed by atoms with Gasteiger partial charge in [0.1, 0.15) is 12.4 Å². The van der Waals surface area contributed by atoms with Gasteiger partial charge in [-0.25, -0.2) is 0 Å². The Bertz CT molecular complexity index is 697. The third-order valence-corrected chi connectivity index (χ3v) is 3.55. The highest BCUT2D eigenvalue weighted by molar-refractivity contribution is 5.34. The third-order valence-electron chi connectivity index (χ3n) is 3.55. The quantitative estimate of drug-likeness (QED) is 0.779. The first-order valence-corrected chi connectivity index (χ1v) is 7.25. The van der Waals surface area contributed by atoms with E-state index >= 15 is 0 Å². The summed E-state index contributed by atoms with van der Waals surface area (Å²) >= 11 is 0. The van der Waals surface area contributed by atoms with Crippen LogP contribution in [-0.2, 0) is 6.61 Å². The molecule has 2 N–H and O–H groups in total. The van der Waals surface area contributed by atoms with Gasteiger partial charge in [-0.1, -0.05) is 42.5 Å². The molecule has 1 aromatic heterocycles. The number of nitrogens with zero attached hydrogens (tertiary/aromatic N) is 1. The largest absolute Gasteiger partial charge is 0.489 e. The van der Waals surface area contributed by atoms with Crippen molar-refractivity contribution < 1.29 is 4.74 Å². The highest BCUT2D eigenvalue weighted by Gasteiger charge is 2.08. The second kappa shape index (κ2) is 6.87. The topological polar surface area (TPSA) is 48.1 Å². The molecule has 3 nitrogen and oxygen atoms in total. The molecule has 0 radical (unpaired) electrons. The Morgan fingerprint density at radius 3 is 2.14 bits per heavy atom. The molecule has 3 heteroatoms.